The Labute approximate surface area is 119 Å². The van der Waals surface area contributed by atoms with Crippen LogP contribution in [0.3, 0.4) is 0 Å². The van der Waals surface area contributed by atoms with E-state index in [9.17, 15) is 0 Å². The minimum absolute atomic E-state index is 0.443. The van der Waals surface area contributed by atoms with E-state index in [4.69, 9.17) is 9.47 Å². The van der Waals surface area contributed by atoms with Crippen molar-refractivity contribution in [3.63, 3.8) is 0 Å². The standard InChI is InChI=1S/C15H19N3O2/c1-3-13-17-14(16-2)11-15(18-13)20-10-9-19-12-7-5-4-6-8-12/h4-8,11H,3,9-10H2,1-2H3,(H,16,17,18). The zero-order chi connectivity index (χ0) is 14.2. The lowest BCUT2D eigenvalue weighted by Crippen LogP contribution is -2.11. The average Bonchev–Trinajstić information content (AvgIpc) is 2.52. The number of benzene rings is 1. The van der Waals surface area contributed by atoms with Crippen molar-refractivity contribution in [3.8, 4) is 11.6 Å². The SMILES string of the molecule is CCc1nc(NC)cc(OCCOc2ccccc2)n1. The molecule has 0 aliphatic rings. The van der Waals surface area contributed by atoms with Crippen LogP contribution >= 0.6 is 0 Å². The Balaban J connectivity index is 1.84. The van der Waals surface area contributed by atoms with E-state index < -0.39 is 0 Å². The van der Waals surface area contributed by atoms with Crippen LogP contribution in [0.15, 0.2) is 36.4 Å². The van der Waals surface area contributed by atoms with E-state index in [0.717, 1.165) is 23.8 Å². The molecular weight excluding hydrogens is 254 g/mol. The molecule has 0 radical (unpaired) electrons. The highest BCUT2D eigenvalue weighted by atomic mass is 16.5. The van der Waals surface area contributed by atoms with Gasteiger partial charge in [0.2, 0.25) is 5.88 Å². The van der Waals surface area contributed by atoms with E-state index >= 15 is 0 Å². The summed E-state index contributed by atoms with van der Waals surface area (Å²) in [6.07, 6.45) is 0.770. The number of aryl methyl sites for hydroxylation is 1. The fourth-order valence-corrected chi connectivity index (χ4v) is 1.66. The zero-order valence-electron chi connectivity index (χ0n) is 11.8. The second-order valence-electron chi connectivity index (χ2n) is 4.12. The zero-order valence-corrected chi connectivity index (χ0v) is 11.8. The smallest absolute Gasteiger partial charge is 0.218 e. The van der Waals surface area contributed by atoms with Crippen LogP contribution in [-0.2, 0) is 6.42 Å². The highest BCUT2D eigenvalue weighted by molar-refractivity contribution is 5.37. The van der Waals surface area contributed by atoms with Gasteiger partial charge < -0.3 is 14.8 Å². The van der Waals surface area contributed by atoms with Crippen molar-refractivity contribution in [3.05, 3.63) is 42.2 Å². The van der Waals surface area contributed by atoms with E-state index in [1.54, 1.807) is 6.07 Å². The summed E-state index contributed by atoms with van der Waals surface area (Å²) < 4.78 is 11.2. The van der Waals surface area contributed by atoms with Crippen LogP contribution in [0.25, 0.3) is 0 Å². The van der Waals surface area contributed by atoms with Crippen molar-refractivity contribution in [2.45, 2.75) is 13.3 Å². The van der Waals surface area contributed by atoms with E-state index in [0.29, 0.717) is 19.1 Å². The van der Waals surface area contributed by atoms with Gasteiger partial charge in [0, 0.05) is 19.5 Å². The van der Waals surface area contributed by atoms with Crippen molar-refractivity contribution < 1.29 is 9.47 Å². The van der Waals surface area contributed by atoms with E-state index in [2.05, 4.69) is 15.3 Å². The first-order chi connectivity index (χ1) is 9.81. The van der Waals surface area contributed by atoms with E-state index in [-0.39, 0.29) is 0 Å². The summed E-state index contributed by atoms with van der Waals surface area (Å²) in [7, 11) is 1.82. The molecule has 1 aromatic carbocycles. The quantitative estimate of drug-likeness (QED) is 0.786. The maximum absolute atomic E-state index is 5.60. The number of aromatic nitrogens is 2. The fraction of sp³-hybridized carbons (Fsp3) is 0.333. The number of hydrogen-bond donors (Lipinski definition) is 1. The normalized spacial score (nSPS) is 10.1. The Kier molecular flexibility index (Phi) is 5.17. The van der Waals surface area contributed by atoms with Gasteiger partial charge in [-0.2, -0.15) is 4.98 Å². The lowest BCUT2D eigenvalue weighted by atomic mass is 10.3. The molecule has 1 heterocycles. The second kappa shape index (κ2) is 7.33. The Morgan fingerprint density at radius 1 is 1.05 bits per heavy atom. The van der Waals surface area contributed by atoms with Gasteiger partial charge in [-0.05, 0) is 12.1 Å². The Hall–Kier alpha value is -2.30. The molecule has 0 unspecified atom stereocenters. The third-order valence-electron chi connectivity index (χ3n) is 2.67. The number of hydrogen-bond acceptors (Lipinski definition) is 5. The number of nitrogens with one attached hydrogen (secondary N) is 1. The first-order valence-corrected chi connectivity index (χ1v) is 6.68. The molecule has 2 aromatic rings. The summed E-state index contributed by atoms with van der Waals surface area (Å²) in [5.41, 5.74) is 0. The molecule has 1 N–H and O–H groups in total. The van der Waals surface area contributed by atoms with Crippen molar-refractivity contribution in [1.29, 1.82) is 0 Å². The van der Waals surface area contributed by atoms with Crippen LogP contribution in [0.1, 0.15) is 12.7 Å². The predicted octanol–water partition coefficient (Wildman–Crippen LogP) is 2.54. The minimum atomic E-state index is 0.443. The van der Waals surface area contributed by atoms with Crippen LogP contribution in [0, 0.1) is 0 Å². The third kappa shape index (κ3) is 4.12. The first-order valence-electron chi connectivity index (χ1n) is 6.68. The number of nitrogens with zero attached hydrogens (tertiary/aromatic N) is 2. The molecule has 106 valence electrons. The summed E-state index contributed by atoms with van der Waals surface area (Å²) in [6, 6.07) is 11.4. The summed E-state index contributed by atoms with van der Waals surface area (Å²) in [4.78, 5) is 8.63. The molecule has 0 aliphatic heterocycles. The van der Waals surface area contributed by atoms with Crippen molar-refractivity contribution >= 4 is 5.82 Å². The molecule has 0 saturated heterocycles. The number of para-hydroxylation sites is 1. The topological polar surface area (TPSA) is 56.3 Å². The van der Waals surface area contributed by atoms with Crippen LogP contribution in [-0.4, -0.2) is 30.2 Å². The van der Waals surface area contributed by atoms with Gasteiger partial charge in [-0.15, -0.1) is 0 Å². The Bertz CT molecular complexity index is 510. The molecule has 0 amide bonds. The van der Waals surface area contributed by atoms with E-state index in [1.165, 1.54) is 0 Å². The van der Waals surface area contributed by atoms with Crippen molar-refractivity contribution in [2.24, 2.45) is 0 Å². The predicted molar refractivity (Wildman–Crippen MR) is 78.4 cm³/mol. The maximum Gasteiger partial charge on any atom is 0.218 e. The number of anilines is 1. The van der Waals surface area contributed by atoms with Crippen LogP contribution in [0.2, 0.25) is 0 Å². The Morgan fingerprint density at radius 2 is 1.80 bits per heavy atom. The molecule has 20 heavy (non-hydrogen) atoms. The second-order valence-corrected chi connectivity index (χ2v) is 4.12. The van der Waals surface area contributed by atoms with Crippen LogP contribution < -0.4 is 14.8 Å². The fourth-order valence-electron chi connectivity index (χ4n) is 1.66. The van der Waals surface area contributed by atoms with E-state index in [1.807, 2.05) is 44.3 Å². The molecule has 5 heteroatoms. The van der Waals surface area contributed by atoms with Gasteiger partial charge in [-0.1, -0.05) is 25.1 Å². The molecule has 1 aromatic heterocycles. The molecule has 0 aliphatic carbocycles. The monoisotopic (exact) mass is 273 g/mol. The van der Waals surface area contributed by atoms with Gasteiger partial charge in [-0.25, -0.2) is 4.98 Å². The Morgan fingerprint density at radius 3 is 2.50 bits per heavy atom. The van der Waals surface area contributed by atoms with Gasteiger partial charge in [0.1, 0.15) is 30.6 Å². The van der Waals surface area contributed by atoms with Crippen molar-refractivity contribution in [1.82, 2.24) is 9.97 Å². The summed E-state index contributed by atoms with van der Waals surface area (Å²) in [5.74, 6) is 2.92. The van der Waals surface area contributed by atoms with Gasteiger partial charge in [0.05, 0.1) is 0 Å². The van der Waals surface area contributed by atoms with Crippen LogP contribution in [0.4, 0.5) is 5.82 Å². The molecular formula is C15H19N3O2. The van der Waals surface area contributed by atoms with Crippen LogP contribution in [0.5, 0.6) is 11.6 Å². The minimum Gasteiger partial charge on any atom is -0.490 e. The average molecular weight is 273 g/mol. The maximum atomic E-state index is 5.60. The van der Waals surface area contributed by atoms with Crippen molar-refractivity contribution in [2.75, 3.05) is 25.6 Å². The largest absolute Gasteiger partial charge is 0.490 e. The summed E-state index contributed by atoms with van der Waals surface area (Å²) in [5, 5.41) is 3.00. The van der Waals surface area contributed by atoms with Gasteiger partial charge >= 0.3 is 0 Å². The highest BCUT2D eigenvalue weighted by Gasteiger charge is 2.03. The molecule has 2 rings (SSSR count). The molecule has 0 atom stereocenters. The molecule has 5 nitrogen and oxygen atoms in total. The van der Waals surface area contributed by atoms with Gasteiger partial charge in [0.15, 0.2) is 0 Å². The summed E-state index contributed by atoms with van der Waals surface area (Å²) in [6.45, 7) is 2.93. The third-order valence-corrected chi connectivity index (χ3v) is 2.67. The number of rotatable bonds is 7. The molecule has 0 bridgehead atoms. The van der Waals surface area contributed by atoms with Gasteiger partial charge in [0.25, 0.3) is 0 Å². The lowest BCUT2D eigenvalue weighted by molar-refractivity contribution is 0.211. The highest BCUT2D eigenvalue weighted by Crippen LogP contribution is 2.14. The lowest BCUT2D eigenvalue weighted by Gasteiger charge is -2.09. The molecule has 0 spiro atoms. The molecule has 0 saturated carbocycles. The summed E-state index contributed by atoms with van der Waals surface area (Å²) >= 11 is 0. The van der Waals surface area contributed by atoms with Gasteiger partial charge in [-0.3, -0.25) is 0 Å². The molecule has 0 fully saturated rings. The first kappa shape index (κ1) is 14.1. The number of ether oxygens (including phenoxy) is 2.